The number of rotatable bonds is 6. The third kappa shape index (κ3) is 3.98. The van der Waals surface area contributed by atoms with Crippen LogP contribution in [0.2, 0.25) is 0 Å². The number of hydrogen-bond acceptors (Lipinski definition) is 2. The summed E-state index contributed by atoms with van der Waals surface area (Å²) < 4.78 is 4.33. The van der Waals surface area contributed by atoms with E-state index in [-0.39, 0.29) is 0 Å². The summed E-state index contributed by atoms with van der Waals surface area (Å²) >= 11 is 0. The SMILES string of the molecule is Cc1cc(C)c2c(c1)c(-c1ccccc1)c(-c1ccccc1)n2C[C@@H](O)Cn1ccnc1C. The van der Waals surface area contributed by atoms with Crippen LogP contribution in [0, 0.1) is 20.8 Å². The quantitative estimate of drug-likeness (QED) is 0.347. The summed E-state index contributed by atoms with van der Waals surface area (Å²) in [6, 6.07) is 25.6. The first-order valence-electron chi connectivity index (χ1n) is 11.4. The van der Waals surface area contributed by atoms with Crippen LogP contribution < -0.4 is 0 Å². The van der Waals surface area contributed by atoms with Crippen molar-refractivity contribution in [2.45, 2.75) is 40.0 Å². The van der Waals surface area contributed by atoms with Crippen molar-refractivity contribution in [2.75, 3.05) is 0 Å². The lowest BCUT2D eigenvalue weighted by Gasteiger charge is -2.18. The zero-order chi connectivity index (χ0) is 22.9. The minimum absolute atomic E-state index is 0.495. The van der Waals surface area contributed by atoms with Gasteiger partial charge in [0.15, 0.2) is 0 Å². The molecule has 0 saturated heterocycles. The fourth-order valence-corrected chi connectivity index (χ4v) is 4.95. The van der Waals surface area contributed by atoms with Crippen molar-refractivity contribution in [2.24, 2.45) is 0 Å². The van der Waals surface area contributed by atoms with Crippen molar-refractivity contribution in [1.29, 1.82) is 0 Å². The van der Waals surface area contributed by atoms with E-state index in [4.69, 9.17) is 0 Å². The van der Waals surface area contributed by atoms with E-state index in [9.17, 15) is 5.11 Å². The highest BCUT2D eigenvalue weighted by Gasteiger charge is 2.23. The molecule has 0 aliphatic carbocycles. The van der Waals surface area contributed by atoms with Crippen LogP contribution in [-0.2, 0) is 13.1 Å². The van der Waals surface area contributed by atoms with Crippen molar-refractivity contribution in [3.05, 3.63) is 102 Å². The van der Waals surface area contributed by atoms with Crippen LogP contribution in [0.3, 0.4) is 0 Å². The van der Waals surface area contributed by atoms with Crippen LogP contribution in [0.15, 0.2) is 85.2 Å². The van der Waals surface area contributed by atoms with E-state index in [1.54, 1.807) is 6.20 Å². The van der Waals surface area contributed by atoms with Crippen LogP contribution >= 0.6 is 0 Å². The first kappa shape index (κ1) is 21.2. The number of aliphatic hydroxyl groups is 1. The Morgan fingerprint density at radius 2 is 1.52 bits per heavy atom. The molecule has 4 heteroatoms. The largest absolute Gasteiger partial charge is 0.389 e. The second kappa shape index (κ2) is 8.72. The molecule has 0 fully saturated rings. The average molecular weight is 436 g/mol. The Balaban J connectivity index is 1.76. The highest BCUT2D eigenvalue weighted by atomic mass is 16.3. The van der Waals surface area contributed by atoms with Crippen molar-refractivity contribution in [3.63, 3.8) is 0 Å². The molecular weight excluding hydrogens is 406 g/mol. The molecule has 33 heavy (non-hydrogen) atoms. The minimum Gasteiger partial charge on any atom is -0.389 e. The van der Waals surface area contributed by atoms with E-state index in [0.717, 1.165) is 17.1 Å². The maximum absolute atomic E-state index is 11.2. The van der Waals surface area contributed by atoms with E-state index in [1.165, 1.54) is 33.2 Å². The molecule has 1 N–H and O–H groups in total. The summed E-state index contributed by atoms with van der Waals surface area (Å²) in [6.45, 7) is 7.28. The molecule has 5 aromatic rings. The van der Waals surface area contributed by atoms with Gasteiger partial charge in [0.2, 0.25) is 0 Å². The van der Waals surface area contributed by atoms with Gasteiger partial charge in [-0.3, -0.25) is 0 Å². The summed E-state index contributed by atoms with van der Waals surface area (Å²) in [5.41, 5.74) is 8.33. The van der Waals surface area contributed by atoms with Crippen molar-refractivity contribution < 1.29 is 5.11 Å². The fraction of sp³-hybridized carbons (Fsp3) is 0.207. The predicted octanol–water partition coefficient (Wildman–Crippen LogP) is 6.16. The van der Waals surface area contributed by atoms with Gasteiger partial charge in [-0.05, 0) is 43.5 Å². The highest BCUT2D eigenvalue weighted by molar-refractivity contribution is 6.06. The smallest absolute Gasteiger partial charge is 0.105 e. The third-order valence-electron chi connectivity index (χ3n) is 6.32. The van der Waals surface area contributed by atoms with Crippen molar-refractivity contribution >= 4 is 10.9 Å². The molecule has 0 spiro atoms. The van der Waals surface area contributed by atoms with E-state index in [1.807, 2.05) is 23.8 Å². The summed E-state index contributed by atoms with van der Waals surface area (Å²) in [6.07, 6.45) is 3.15. The Bertz CT molecular complexity index is 1400. The van der Waals surface area contributed by atoms with E-state index < -0.39 is 6.10 Å². The van der Waals surface area contributed by atoms with Crippen molar-refractivity contribution in [1.82, 2.24) is 14.1 Å². The molecule has 3 aromatic carbocycles. The molecule has 166 valence electrons. The second-order valence-corrected chi connectivity index (χ2v) is 8.82. The Morgan fingerprint density at radius 3 is 2.15 bits per heavy atom. The van der Waals surface area contributed by atoms with Gasteiger partial charge in [-0.25, -0.2) is 4.98 Å². The lowest BCUT2D eigenvalue weighted by atomic mass is 9.97. The normalized spacial score (nSPS) is 12.4. The number of aromatic nitrogens is 3. The predicted molar refractivity (Wildman–Crippen MR) is 135 cm³/mol. The van der Waals surface area contributed by atoms with Gasteiger partial charge in [0.25, 0.3) is 0 Å². The number of imidazole rings is 1. The monoisotopic (exact) mass is 435 g/mol. The maximum atomic E-state index is 11.2. The van der Waals surface area contributed by atoms with Gasteiger partial charge >= 0.3 is 0 Å². The average Bonchev–Trinajstić information content (AvgIpc) is 3.35. The first-order valence-corrected chi connectivity index (χ1v) is 11.4. The number of fused-ring (bicyclic) bond motifs is 1. The summed E-state index contributed by atoms with van der Waals surface area (Å²) in [4.78, 5) is 4.30. The molecule has 0 unspecified atom stereocenters. The molecule has 0 amide bonds. The summed E-state index contributed by atoms with van der Waals surface area (Å²) in [7, 11) is 0. The molecule has 2 heterocycles. The molecule has 0 aliphatic rings. The van der Waals surface area contributed by atoms with Gasteiger partial charge in [0, 0.05) is 23.3 Å². The number of nitrogens with zero attached hydrogens (tertiary/aromatic N) is 3. The second-order valence-electron chi connectivity index (χ2n) is 8.82. The highest BCUT2D eigenvalue weighted by Crippen LogP contribution is 2.42. The molecule has 0 radical (unpaired) electrons. The molecule has 1 atom stereocenters. The van der Waals surface area contributed by atoms with Gasteiger partial charge in [-0.1, -0.05) is 72.3 Å². The fourth-order valence-electron chi connectivity index (χ4n) is 4.95. The van der Waals surface area contributed by atoms with E-state index in [2.05, 4.69) is 90.1 Å². The molecule has 0 aliphatic heterocycles. The third-order valence-corrected chi connectivity index (χ3v) is 6.32. The Hall–Kier alpha value is -3.63. The zero-order valence-electron chi connectivity index (χ0n) is 19.4. The van der Waals surface area contributed by atoms with Crippen LogP contribution in [-0.4, -0.2) is 25.3 Å². The molecule has 5 rings (SSSR count). The van der Waals surface area contributed by atoms with E-state index in [0.29, 0.717) is 13.1 Å². The summed E-state index contributed by atoms with van der Waals surface area (Å²) in [5, 5.41) is 12.4. The lowest BCUT2D eigenvalue weighted by molar-refractivity contribution is 0.135. The van der Waals surface area contributed by atoms with Gasteiger partial charge < -0.3 is 14.2 Å². The molecule has 4 nitrogen and oxygen atoms in total. The Kier molecular flexibility index (Phi) is 5.61. The van der Waals surface area contributed by atoms with Crippen LogP contribution in [0.4, 0.5) is 0 Å². The Morgan fingerprint density at radius 1 is 0.848 bits per heavy atom. The van der Waals surface area contributed by atoms with E-state index >= 15 is 0 Å². The number of aliphatic hydroxyl groups excluding tert-OH is 1. The van der Waals surface area contributed by atoms with Gasteiger partial charge in [0.05, 0.1) is 30.4 Å². The number of benzene rings is 3. The molecular formula is C29H29N3O. The maximum Gasteiger partial charge on any atom is 0.105 e. The van der Waals surface area contributed by atoms with Gasteiger partial charge in [0.1, 0.15) is 5.82 Å². The van der Waals surface area contributed by atoms with Crippen LogP contribution in [0.25, 0.3) is 33.3 Å². The summed E-state index contributed by atoms with van der Waals surface area (Å²) in [5.74, 6) is 0.909. The first-order chi connectivity index (χ1) is 16.0. The van der Waals surface area contributed by atoms with Gasteiger partial charge in [-0.15, -0.1) is 0 Å². The van der Waals surface area contributed by atoms with Gasteiger partial charge in [-0.2, -0.15) is 0 Å². The standard InChI is InChI=1S/C29H29N3O/c1-20-16-21(2)28-26(17-20)27(23-10-6-4-7-11-23)29(24-12-8-5-9-13-24)32(28)19-25(33)18-31-15-14-30-22(31)3/h4-17,25,33H,18-19H2,1-3H3/t25-/m0/s1. The molecule has 0 saturated carbocycles. The lowest BCUT2D eigenvalue weighted by Crippen LogP contribution is -2.23. The number of hydrogen-bond donors (Lipinski definition) is 1. The Labute approximate surface area is 194 Å². The molecule has 2 aromatic heterocycles. The number of aryl methyl sites for hydroxylation is 3. The van der Waals surface area contributed by atoms with Crippen LogP contribution in [0.1, 0.15) is 17.0 Å². The minimum atomic E-state index is -0.555. The zero-order valence-corrected chi connectivity index (χ0v) is 19.4. The molecule has 0 bridgehead atoms. The van der Waals surface area contributed by atoms with Crippen molar-refractivity contribution in [3.8, 4) is 22.4 Å². The topological polar surface area (TPSA) is 43.0 Å². The van der Waals surface area contributed by atoms with Crippen LogP contribution in [0.5, 0.6) is 0 Å².